The summed E-state index contributed by atoms with van der Waals surface area (Å²) in [5.41, 5.74) is 0. The van der Waals surface area contributed by atoms with Gasteiger partial charge in [0.15, 0.2) is 0 Å². The van der Waals surface area contributed by atoms with Gasteiger partial charge in [-0.3, -0.25) is 4.57 Å². The summed E-state index contributed by atoms with van der Waals surface area (Å²) in [6.07, 6.45) is 4.33. The summed E-state index contributed by atoms with van der Waals surface area (Å²) >= 11 is 0. The van der Waals surface area contributed by atoms with Gasteiger partial charge >= 0.3 is 0 Å². The first-order valence-electron chi connectivity index (χ1n) is 6.06. The highest BCUT2D eigenvalue weighted by Gasteiger charge is 2.09. The number of anilines is 2. The SMILES string of the molecule is CNc1nc(NCC(O)COC)nc(-n2ccnc2)n1. The molecule has 0 amide bonds. The number of hydrogen-bond acceptors (Lipinski definition) is 8. The molecule has 20 heavy (non-hydrogen) atoms. The van der Waals surface area contributed by atoms with E-state index in [0.29, 0.717) is 17.8 Å². The summed E-state index contributed by atoms with van der Waals surface area (Å²) in [5.74, 6) is 1.22. The van der Waals surface area contributed by atoms with Crippen LogP contribution in [0.2, 0.25) is 0 Å². The number of imidazole rings is 1. The van der Waals surface area contributed by atoms with Crippen molar-refractivity contribution in [1.29, 1.82) is 0 Å². The first kappa shape index (κ1) is 14.2. The van der Waals surface area contributed by atoms with Gasteiger partial charge in [0.05, 0.1) is 12.7 Å². The zero-order valence-electron chi connectivity index (χ0n) is 11.3. The Morgan fingerprint density at radius 1 is 1.35 bits per heavy atom. The maximum absolute atomic E-state index is 9.60. The van der Waals surface area contributed by atoms with Crippen LogP contribution in [-0.4, -0.2) is 63.0 Å². The Hall–Kier alpha value is -2.26. The number of nitrogens with zero attached hydrogens (tertiary/aromatic N) is 5. The average molecular weight is 279 g/mol. The van der Waals surface area contributed by atoms with Gasteiger partial charge in [-0.25, -0.2) is 4.98 Å². The minimum absolute atomic E-state index is 0.241. The zero-order valence-corrected chi connectivity index (χ0v) is 11.3. The van der Waals surface area contributed by atoms with Gasteiger partial charge < -0.3 is 20.5 Å². The van der Waals surface area contributed by atoms with E-state index in [9.17, 15) is 5.11 Å². The molecule has 2 aromatic heterocycles. The topological polar surface area (TPSA) is 110 Å². The molecule has 1 unspecified atom stereocenters. The number of ether oxygens (including phenoxy) is 1. The van der Waals surface area contributed by atoms with Crippen LogP contribution in [0.5, 0.6) is 0 Å². The molecule has 2 heterocycles. The van der Waals surface area contributed by atoms with Gasteiger partial charge in [-0.05, 0) is 0 Å². The number of methoxy groups -OCH3 is 1. The van der Waals surface area contributed by atoms with E-state index in [4.69, 9.17) is 4.74 Å². The van der Waals surface area contributed by atoms with Crippen LogP contribution in [0.4, 0.5) is 11.9 Å². The van der Waals surface area contributed by atoms with E-state index in [-0.39, 0.29) is 13.2 Å². The largest absolute Gasteiger partial charge is 0.389 e. The maximum atomic E-state index is 9.60. The third-order valence-electron chi connectivity index (χ3n) is 2.44. The van der Waals surface area contributed by atoms with E-state index < -0.39 is 6.10 Å². The average Bonchev–Trinajstić information content (AvgIpc) is 2.99. The Morgan fingerprint density at radius 2 is 2.15 bits per heavy atom. The van der Waals surface area contributed by atoms with Crippen molar-refractivity contribution in [2.45, 2.75) is 6.10 Å². The minimum atomic E-state index is -0.633. The Bertz CT molecular complexity index is 532. The highest BCUT2D eigenvalue weighted by molar-refractivity contribution is 5.37. The Morgan fingerprint density at radius 3 is 2.80 bits per heavy atom. The van der Waals surface area contributed by atoms with Crippen molar-refractivity contribution >= 4 is 11.9 Å². The summed E-state index contributed by atoms with van der Waals surface area (Å²) < 4.78 is 6.52. The molecule has 0 aliphatic rings. The van der Waals surface area contributed by atoms with Crippen LogP contribution in [0.1, 0.15) is 0 Å². The maximum Gasteiger partial charge on any atom is 0.241 e. The molecule has 0 aliphatic carbocycles. The lowest BCUT2D eigenvalue weighted by Crippen LogP contribution is -2.25. The monoisotopic (exact) mass is 279 g/mol. The Labute approximate surface area is 116 Å². The summed E-state index contributed by atoms with van der Waals surface area (Å²) in [6.45, 7) is 0.524. The number of aliphatic hydroxyl groups excluding tert-OH is 1. The van der Waals surface area contributed by atoms with Gasteiger partial charge in [-0.1, -0.05) is 0 Å². The van der Waals surface area contributed by atoms with Crippen molar-refractivity contribution in [2.24, 2.45) is 0 Å². The van der Waals surface area contributed by atoms with Crippen LogP contribution in [0.25, 0.3) is 5.95 Å². The fourth-order valence-electron chi connectivity index (χ4n) is 1.51. The number of rotatable bonds is 7. The standard InChI is InChI=1S/C11H17N7O2/c1-12-9-15-10(14-5-8(19)6-20-2)17-11(16-9)18-4-3-13-7-18/h3-4,7-8,19H,5-6H2,1-2H3,(H2,12,14,15,16,17). The lowest BCUT2D eigenvalue weighted by Gasteiger charge is -2.12. The van der Waals surface area contributed by atoms with E-state index in [1.54, 1.807) is 30.3 Å². The molecular weight excluding hydrogens is 262 g/mol. The predicted molar refractivity (Wildman–Crippen MR) is 72.9 cm³/mol. The molecule has 0 aliphatic heterocycles. The van der Waals surface area contributed by atoms with Crippen LogP contribution in [0.3, 0.4) is 0 Å². The second kappa shape index (κ2) is 6.78. The number of hydrogen-bond donors (Lipinski definition) is 3. The highest BCUT2D eigenvalue weighted by Crippen LogP contribution is 2.08. The quantitative estimate of drug-likeness (QED) is 0.623. The summed E-state index contributed by atoms with van der Waals surface area (Å²) in [4.78, 5) is 16.6. The van der Waals surface area contributed by atoms with Crippen LogP contribution in [0.15, 0.2) is 18.7 Å². The van der Waals surface area contributed by atoms with E-state index in [1.165, 1.54) is 7.11 Å². The second-order valence-corrected chi connectivity index (χ2v) is 3.99. The van der Waals surface area contributed by atoms with Crippen LogP contribution in [-0.2, 0) is 4.74 Å². The van der Waals surface area contributed by atoms with E-state index in [1.807, 2.05) is 0 Å². The van der Waals surface area contributed by atoms with Crippen molar-refractivity contribution in [3.63, 3.8) is 0 Å². The van der Waals surface area contributed by atoms with Crippen molar-refractivity contribution in [2.75, 3.05) is 37.9 Å². The molecule has 9 nitrogen and oxygen atoms in total. The third-order valence-corrected chi connectivity index (χ3v) is 2.44. The van der Waals surface area contributed by atoms with Gasteiger partial charge in [0.1, 0.15) is 6.33 Å². The number of aliphatic hydroxyl groups is 1. The van der Waals surface area contributed by atoms with Gasteiger partial charge in [0.25, 0.3) is 0 Å². The summed E-state index contributed by atoms with van der Waals surface area (Å²) in [7, 11) is 3.25. The van der Waals surface area contributed by atoms with E-state index >= 15 is 0 Å². The normalized spacial score (nSPS) is 12.2. The predicted octanol–water partition coefficient (Wildman–Crippen LogP) is -0.482. The fraction of sp³-hybridized carbons (Fsp3) is 0.455. The van der Waals surface area contributed by atoms with Gasteiger partial charge in [0, 0.05) is 33.1 Å². The smallest absolute Gasteiger partial charge is 0.241 e. The van der Waals surface area contributed by atoms with Crippen molar-refractivity contribution in [3.05, 3.63) is 18.7 Å². The van der Waals surface area contributed by atoms with Crippen LogP contribution >= 0.6 is 0 Å². The summed E-state index contributed by atoms with van der Waals surface area (Å²) in [6, 6.07) is 0. The Balaban J connectivity index is 2.14. The van der Waals surface area contributed by atoms with Gasteiger partial charge in [-0.15, -0.1) is 0 Å². The molecule has 9 heteroatoms. The minimum Gasteiger partial charge on any atom is -0.389 e. The molecule has 0 fully saturated rings. The second-order valence-electron chi connectivity index (χ2n) is 3.99. The molecule has 2 rings (SSSR count). The van der Waals surface area contributed by atoms with Crippen molar-refractivity contribution < 1.29 is 9.84 Å². The first-order chi connectivity index (χ1) is 9.72. The lowest BCUT2D eigenvalue weighted by atomic mass is 10.4. The molecule has 1 atom stereocenters. The molecule has 0 bridgehead atoms. The Kier molecular flexibility index (Phi) is 4.80. The molecule has 0 spiro atoms. The number of nitrogens with one attached hydrogen (secondary N) is 2. The molecule has 3 N–H and O–H groups in total. The summed E-state index contributed by atoms with van der Waals surface area (Å²) in [5, 5.41) is 15.4. The van der Waals surface area contributed by atoms with Crippen LogP contribution < -0.4 is 10.6 Å². The number of aromatic nitrogens is 5. The molecule has 0 radical (unpaired) electrons. The highest BCUT2D eigenvalue weighted by atomic mass is 16.5. The molecule has 2 aromatic rings. The lowest BCUT2D eigenvalue weighted by molar-refractivity contribution is 0.0726. The van der Waals surface area contributed by atoms with Crippen molar-refractivity contribution in [3.8, 4) is 5.95 Å². The van der Waals surface area contributed by atoms with E-state index in [2.05, 4.69) is 30.6 Å². The zero-order chi connectivity index (χ0) is 14.4. The first-order valence-corrected chi connectivity index (χ1v) is 6.06. The fourth-order valence-corrected chi connectivity index (χ4v) is 1.51. The van der Waals surface area contributed by atoms with Crippen LogP contribution in [0, 0.1) is 0 Å². The molecule has 0 aromatic carbocycles. The molecule has 0 saturated heterocycles. The molecule has 0 saturated carbocycles. The molecular formula is C11H17N7O2. The molecule has 108 valence electrons. The van der Waals surface area contributed by atoms with Crippen molar-refractivity contribution in [1.82, 2.24) is 24.5 Å². The van der Waals surface area contributed by atoms with Gasteiger partial charge in [0.2, 0.25) is 17.8 Å². The third kappa shape index (κ3) is 3.62. The van der Waals surface area contributed by atoms with Gasteiger partial charge in [-0.2, -0.15) is 15.0 Å². The van der Waals surface area contributed by atoms with E-state index in [0.717, 1.165) is 0 Å².